The average Bonchev–Trinajstić information content (AvgIpc) is 2.89. The number of benzene rings is 2. The van der Waals surface area contributed by atoms with Crippen molar-refractivity contribution in [3.63, 3.8) is 0 Å². The van der Waals surface area contributed by atoms with Gasteiger partial charge in [0.15, 0.2) is 4.87 Å². The van der Waals surface area contributed by atoms with Gasteiger partial charge in [-0.05, 0) is 13.0 Å². The number of para-hydroxylation sites is 1. The van der Waals surface area contributed by atoms with Gasteiger partial charge in [-0.1, -0.05) is 47.0 Å². The van der Waals surface area contributed by atoms with E-state index in [-0.39, 0.29) is 0 Å². The smallest absolute Gasteiger partial charge is 0.302 e. The largest absolute Gasteiger partial charge is 0.366 e. The number of rotatable bonds is 3. The maximum atomic E-state index is 12.7. The first-order valence-corrected chi connectivity index (χ1v) is 8.31. The van der Waals surface area contributed by atoms with Crippen LogP contribution in [-0.2, 0) is 0 Å². The van der Waals surface area contributed by atoms with Gasteiger partial charge in [0.2, 0.25) is 0 Å². The summed E-state index contributed by atoms with van der Waals surface area (Å²) in [4.78, 5) is 16.0. The van der Waals surface area contributed by atoms with E-state index >= 15 is 0 Å². The molecule has 0 bridgehead atoms. The van der Waals surface area contributed by atoms with Crippen LogP contribution >= 0.6 is 0 Å². The molecule has 2 N–H and O–H groups in total. The van der Waals surface area contributed by atoms with Gasteiger partial charge in [-0.15, -0.1) is 0 Å². The van der Waals surface area contributed by atoms with Crippen molar-refractivity contribution in [3.8, 4) is 0 Å². The molecular formula is C19H21N4O+. The van der Waals surface area contributed by atoms with E-state index in [0.29, 0.717) is 18.8 Å². The number of aryl methyl sites for hydroxylation is 1. The highest BCUT2D eigenvalue weighted by atomic mass is 16.3. The molecule has 122 valence electrons. The highest BCUT2D eigenvalue weighted by Crippen LogP contribution is 2.44. The molecular weight excluding hydrogens is 300 g/mol. The minimum Gasteiger partial charge on any atom is -0.366 e. The van der Waals surface area contributed by atoms with Crippen molar-refractivity contribution in [1.82, 2.24) is 9.91 Å². The lowest BCUT2D eigenvalue weighted by molar-refractivity contribution is -0.612. The van der Waals surface area contributed by atoms with Crippen molar-refractivity contribution in [2.45, 2.75) is 6.92 Å². The van der Waals surface area contributed by atoms with Crippen LogP contribution in [0.2, 0.25) is 0 Å². The number of nitrogens with two attached hydrogens (primary N) is 1. The molecule has 2 heterocycles. The van der Waals surface area contributed by atoms with Crippen molar-refractivity contribution < 1.29 is 4.87 Å². The van der Waals surface area contributed by atoms with Crippen LogP contribution in [0.3, 0.4) is 0 Å². The van der Waals surface area contributed by atoms with Gasteiger partial charge in [0, 0.05) is 31.3 Å². The Morgan fingerprint density at radius 3 is 2.54 bits per heavy atom. The van der Waals surface area contributed by atoms with Gasteiger partial charge in [-0.2, -0.15) is 0 Å². The van der Waals surface area contributed by atoms with Crippen LogP contribution < -0.4 is 5.73 Å². The van der Waals surface area contributed by atoms with Crippen LogP contribution in [0.4, 0.5) is 5.69 Å². The Morgan fingerprint density at radius 2 is 1.79 bits per heavy atom. The normalized spacial score (nSPS) is 16.5. The Morgan fingerprint density at radius 1 is 1.04 bits per heavy atom. The third-order valence-electron chi connectivity index (χ3n) is 4.69. The average molecular weight is 321 g/mol. The number of nitrogens with zero attached hydrogens (tertiary/aromatic N) is 3. The van der Waals surface area contributed by atoms with Gasteiger partial charge in [0.25, 0.3) is 0 Å². The van der Waals surface area contributed by atoms with Gasteiger partial charge >= 0.3 is 5.69 Å². The first kappa shape index (κ1) is 14.9. The predicted molar refractivity (Wildman–Crippen MR) is 95.1 cm³/mol. The van der Waals surface area contributed by atoms with Gasteiger partial charge in [0.1, 0.15) is 12.2 Å². The summed E-state index contributed by atoms with van der Waals surface area (Å²) in [6, 6.07) is 16.3. The number of hydrogen-bond acceptors (Lipinski definition) is 3. The molecule has 0 aliphatic carbocycles. The summed E-state index contributed by atoms with van der Waals surface area (Å²) < 4.78 is 0. The third kappa shape index (κ3) is 2.20. The van der Waals surface area contributed by atoms with Crippen LogP contribution in [-0.4, -0.2) is 41.0 Å². The van der Waals surface area contributed by atoms with E-state index in [1.807, 2.05) is 29.3 Å². The molecule has 0 fully saturated rings. The zero-order chi connectivity index (χ0) is 16.7. The topological polar surface area (TPSA) is 52.6 Å². The molecule has 2 aliphatic rings. The number of hydrazine groups is 1. The summed E-state index contributed by atoms with van der Waals surface area (Å²) in [5.41, 5.74) is 12.0. The van der Waals surface area contributed by atoms with Gasteiger partial charge in [-0.25, -0.2) is 0 Å². The van der Waals surface area contributed by atoms with E-state index in [4.69, 9.17) is 5.73 Å². The third-order valence-corrected chi connectivity index (χ3v) is 4.69. The minimum atomic E-state index is 0.589. The number of fused-ring (bicyclic) bond motifs is 3. The van der Waals surface area contributed by atoms with Crippen molar-refractivity contribution in [3.05, 3.63) is 70.1 Å². The zero-order valence-corrected chi connectivity index (χ0v) is 13.8. The van der Waals surface area contributed by atoms with E-state index in [2.05, 4.69) is 36.1 Å². The molecule has 4 rings (SSSR count). The molecule has 0 spiro atoms. The summed E-state index contributed by atoms with van der Waals surface area (Å²) in [6.07, 6.45) is 0. The summed E-state index contributed by atoms with van der Waals surface area (Å²) in [7, 11) is 0. The van der Waals surface area contributed by atoms with Gasteiger partial charge in [0.05, 0.1) is 16.2 Å². The molecule has 0 unspecified atom stereocenters. The molecule has 0 radical (unpaired) electrons. The number of hydrogen-bond donors (Lipinski definition) is 1. The Bertz CT molecular complexity index is 826. The van der Waals surface area contributed by atoms with Crippen molar-refractivity contribution in [1.29, 1.82) is 0 Å². The van der Waals surface area contributed by atoms with Crippen LogP contribution in [0.25, 0.3) is 11.4 Å². The summed E-state index contributed by atoms with van der Waals surface area (Å²) in [5.74, 6) is 0. The van der Waals surface area contributed by atoms with Crippen molar-refractivity contribution >= 4 is 17.1 Å². The second kappa shape index (κ2) is 5.76. The molecule has 0 saturated carbocycles. The van der Waals surface area contributed by atoms with Crippen LogP contribution in [0.15, 0.2) is 48.5 Å². The highest BCUT2D eigenvalue weighted by molar-refractivity contribution is 5.93. The molecule has 5 heteroatoms. The molecule has 24 heavy (non-hydrogen) atoms. The fraction of sp³-hybridized carbons (Fsp3) is 0.263. The molecule has 5 nitrogen and oxygen atoms in total. The lowest BCUT2D eigenvalue weighted by atomic mass is 10.0. The fourth-order valence-corrected chi connectivity index (χ4v) is 3.54. The summed E-state index contributed by atoms with van der Waals surface area (Å²) in [6.45, 7) is 4.91. The SMILES string of the molecule is Cc1ccc(C2=C3c4ccccc4[N+](=O)N3CCN2CCN)cc1. The summed E-state index contributed by atoms with van der Waals surface area (Å²) >= 11 is 0. The van der Waals surface area contributed by atoms with E-state index in [0.717, 1.165) is 40.5 Å². The quantitative estimate of drug-likeness (QED) is 0.883. The van der Waals surface area contributed by atoms with Crippen molar-refractivity contribution in [2.75, 3.05) is 26.2 Å². The second-order valence-corrected chi connectivity index (χ2v) is 6.25. The maximum Gasteiger partial charge on any atom is 0.302 e. The number of nitroso groups, excluding NO2 is 1. The van der Waals surface area contributed by atoms with E-state index < -0.39 is 0 Å². The molecule has 0 aromatic heterocycles. The minimum absolute atomic E-state index is 0.589. The fourth-order valence-electron chi connectivity index (χ4n) is 3.54. The Kier molecular flexibility index (Phi) is 3.58. The molecule has 2 aromatic carbocycles. The van der Waals surface area contributed by atoms with Crippen LogP contribution in [0.1, 0.15) is 16.7 Å². The second-order valence-electron chi connectivity index (χ2n) is 6.25. The standard InChI is InChI=1S/C19H21N4O/c1-14-6-8-15(9-7-14)18-19-16-4-2-3-5-17(16)23(24)22(19)13-12-21(18)11-10-20/h2-9H,10-13,20H2,1H3/q+1. The van der Waals surface area contributed by atoms with Gasteiger partial charge in [-0.3, -0.25) is 0 Å². The molecule has 2 aliphatic heterocycles. The van der Waals surface area contributed by atoms with Crippen molar-refractivity contribution in [2.24, 2.45) is 5.73 Å². The highest BCUT2D eigenvalue weighted by Gasteiger charge is 2.45. The van der Waals surface area contributed by atoms with E-state index in [1.165, 1.54) is 5.56 Å². The zero-order valence-electron chi connectivity index (χ0n) is 13.8. The van der Waals surface area contributed by atoms with Crippen LogP contribution in [0, 0.1) is 11.8 Å². The Balaban J connectivity index is 1.96. The maximum absolute atomic E-state index is 12.7. The first-order valence-electron chi connectivity index (χ1n) is 8.31. The molecule has 2 aromatic rings. The monoisotopic (exact) mass is 321 g/mol. The Labute approximate surface area is 141 Å². The predicted octanol–water partition coefficient (Wildman–Crippen LogP) is 2.74. The molecule has 0 atom stereocenters. The molecule has 0 saturated heterocycles. The Hall–Kier alpha value is -2.66. The van der Waals surface area contributed by atoms with Gasteiger partial charge < -0.3 is 10.6 Å². The van der Waals surface area contributed by atoms with E-state index in [9.17, 15) is 4.91 Å². The van der Waals surface area contributed by atoms with E-state index in [1.54, 1.807) is 0 Å². The first-order chi connectivity index (χ1) is 11.7. The lowest BCUT2D eigenvalue weighted by Gasteiger charge is -2.33. The lowest BCUT2D eigenvalue weighted by Crippen LogP contribution is -2.42. The summed E-state index contributed by atoms with van der Waals surface area (Å²) in [5, 5.41) is 1.84. The molecule has 0 amide bonds. The van der Waals surface area contributed by atoms with Crippen LogP contribution in [0.5, 0.6) is 0 Å².